The molecule has 0 spiro atoms. The highest BCUT2D eigenvalue weighted by Gasteiger charge is 2.25. The van der Waals surface area contributed by atoms with Gasteiger partial charge in [-0.05, 0) is 84.3 Å². The first kappa shape index (κ1) is 29.1. The number of hydrogen-bond acceptors (Lipinski definition) is 6. The SMILES string of the molecule is CN1CCN(c2ccc(Cc3cc(-c4cccc(-n5ccc6cc(C7CC7)cc(F)c6c5=O)c4CO)cn(C)c3=O)nc2)CC1. The molecule has 230 valence electrons. The van der Waals surface area contributed by atoms with Gasteiger partial charge in [-0.25, -0.2) is 4.39 Å². The van der Waals surface area contributed by atoms with Crippen molar-refractivity contribution < 1.29 is 9.50 Å². The van der Waals surface area contributed by atoms with E-state index in [1.807, 2.05) is 30.5 Å². The van der Waals surface area contributed by atoms with Gasteiger partial charge in [-0.15, -0.1) is 0 Å². The number of piperazine rings is 1. The molecule has 7 rings (SSSR count). The molecule has 3 aromatic heterocycles. The van der Waals surface area contributed by atoms with Crippen LogP contribution in [-0.4, -0.2) is 57.4 Å². The van der Waals surface area contributed by atoms with Gasteiger partial charge in [0.1, 0.15) is 5.82 Å². The summed E-state index contributed by atoms with van der Waals surface area (Å²) >= 11 is 0. The molecule has 1 aliphatic carbocycles. The Hall–Kier alpha value is -4.60. The topological polar surface area (TPSA) is 83.6 Å². The number of rotatable bonds is 7. The third-order valence-corrected chi connectivity index (χ3v) is 9.21. The van der Waals surface area contributed by atoms with Crippen molar-refractivity contribution in [2.24, 2.45) is 7.05 Å². The van der Waals surface area contributed by atoms with Crippen LogP contribution in [0.4, 0.5) is 10.1 Å². The minimum atomic E-state index is -0.525. The number of nitrogens with zero attached hydrogens (tertiary/aromatic N) is 5. The number of likely N-dealkylation sites (N-methyl/N-ethyl adjacent to an activating group) is 1. The van der Waals surface area contributed by atoms with Crippen LogP contribution in [0.3, 0.4) is 0 Å². The number of aromatic nitrogens is 3. The van der Waals surface area contributed by atoms with E-state index in [1.54, 1.807) is 37.6 Å². The molecule has 5 aromatic rings. The first-order chi connectivity index (χ1) is 21.8. The van der Waals surface area contributed by atoms with Gasteiger partial charge in [0.15, 0.2) is 0 Å². The van der Waals surface area contributed by atoms with Gasteiger partial charge in [0.05, 0.1) is 29.6 Å². The molecule has 9 heteroatoms. The molecule has 4 heterocycles. The average Bonchev–Trinajstić information content (AvgIpc) is 3.89. The lowest BCUT2D eigenvalue weighted by atomic mass is 9.97. The van der Waals surface area contributed by atoms with Gasteiger partial charge in [0, 0.05) is 68.9 Å². The smallest absolute Gasteiger partial charge is 0.265 e. The Morgan fingerprint density at radius 3 is 2.47 bits per heavy atom. The molecule has 0 bridgehead atoms. The summed E-state index contributed by atoms with van der Waals surface area (Å²) in [7, 11) is 3.83. The first-order valence-electron chi connectivity index (χ1n) is 15.5. The van der Waals surface area contributed by atoms with Crippen molar-refractivity contribution in [3.63, 3.8) is 0 Å². The molecule has 1 aliphatic heterocycles. The summed E-state index contributed by atoms with van der Waals surface area (Å²) in [6.45, 7) is 3.57. The van der Waals surface area contributed by atoms with Crippen LogP contribution in [0.1, 0.15) is 41.1 Å². The summed E-state index contributed by atoms with van der Waals surface area (Å²) < 4.78 is 18.2. The van der Waals surface area contributed by atoms with Crippen LogP contribution in [0.5, 0.6) is 0 Å². The second kappa shape index (κ2) is 11.7. The number of aliphatic hydroxyl groups excluding tert-OH is 1. The van der Waals surface area contributed by atoms with Crippen LogP contribution >= 0.6 is 0 Å². The van der Waals surface area contributed by atoms with E-state index < -0.39 is 11.4 Å². The highest BCUT2D eigenvalue weighted by Crippen LogP contribution is 2.41. The lowest BCUT2D eigenvalue weighted by Crippen LogP contribution is -2.44. The zero-order valence-electron chi connectivity index (χ0n) is 25.5. The summed E-state index contributed by atoms with van der Waals surface area (Å²) in [5, 5.41) is 11.2. The zero-order valence-corrected chi connectivity index (χ0v) is 25.5. The van der Waals surface area contributed by atoms with Crippen molar-refractivity contribution in [3.05, 3.63) is 122 Å². The second-order valence-corrected chi connectivity index (χ2v) is 12.3. The lowest BCUT2D eigenvalue weighted by molar-refractivity contribution is 0.282. The van der Waals surface area contributed by atoms with Gasteiger partial charge in [0.25, 0.3) is 11.1 Å². The molecule has 45 heavy (non-hydrogen) atoms. The third-order valence-electron chi connectivity index (χ3n) is 9.21. The number of benzene rings is 2. The normalized spacial score (nSPS) is 15.6. The highest BCUT2D eigenvalue weighted by molar-refractivity contribution is 5.84. The summed E-state index contributed by atoms with van der Waals surface area (Å²) in [5.41, 5.74) is 5.13. The minimum Gasteiger partial charge on any atom is -0.392 e. The molecular weight excluding hydrogens is 569 g/mol. The Morgan fingerprint density at radius 1 is 0.956 bits per heavy atom. The van der Waals surface area contributed by atoms with Gasteiger partial charge in [-0.2, -0.15) is 0 Å². The number of aryl methyl sites for hydroxylation is 1. The van der Waals surface area contributed by atoms with Crippen molar-refractivity contribution >= 4 is 16.5 Å². The van der Waals surface area contributed by atoms with E-state index in [0.29, 0.717) is 40.1 Å². The van der Waals surface area contributed by atoms with E-state index in [0.717, 1.165) is 61.5 Å². The molecule has 2 aliphatic rings. The summed E-state index contributed by atoms with van der Waals surface area (Å²) in [4.78, 5) is 36.2. The molecule has 1 saturated carbocycles. The van der Waals surface area contributed by atoms with Gasteiger partial charge >= 0.3 is 0 Å². The largest absolute Gasteiger partial charge is 0.392 e. The third kappa shape index (κ3) is 5.58. The predicted molar refractivity (Wildman–Crippen MR) is 175 cm³/mol. The van der Waals surface area contributed by atoms with Crippen molar-refractivity contribution in [2.75, 3.05) is 38.1 Å². The van der Waals surface area contributed by atoms with Gasteiger partial charge in [-0.3, -0.25) is 19.1 Å². The van der Waals surface area contributed by atoms with E-state index >= 15 is 4.39 Å². The average molecular weight is 606 g/mol. The van der Waals surface area contributed by atoms with Crippen LogP contribution < -0.4 is 16.0 Å². The van der Waals surface area contributed by atoms with Crippen LogP contribution in [0.25, 0.3) is 27.6 Å². The molecule has 0 unspecified atom stereocenters. The van der Waals surface area contributed by atoms with Crippen LogP contribution in [0.2, 0.25) is 0 Å². The van der Waals surface area contributed by atoms with Gasteiger partial charge in [0.2, 0.25) is 0 Å². The predicted octanol–water partition coefficient (Wildman–Crippen LogP) is 4.60. The maximum Gasteiger partial charge on any atom is 0.265 e. The quantitative estimate of drug-likeness (QED) is 0.292. The minimum absolute atomic E-state index is 0.0340. The lowest BCUT2D eigenvalue weighted by Gasteiger charge is -2.33. The maximum atomic E-state index is 15.3. The van der Waals surface area contributed by atoms with Gasteiger partial charge in [-0.1, -0.05) is 18.2 Å². The Balaban J connectivity index is 1.23. The number of hydrogen-bond donors (Lipinski definition) is 1. The Labute approximate surface area is 260 Å². The van der Waals surface area contributed by atoms with Gasteiger partial charge < -0.3 is 19.5 Å². The second-order valence-electron chi connectivity index (χ2n) is 12.3. The molecule has 2 fully saturated rings. The van der Waals surface area contributed by atoms with Crippen LogP contribution in [0.15, 0.2) is 82.8 Å². The van der Waals surface area contributed by atoms with E-state index in [1.165, 1.54) is 15.2 Å². The standard InChI is InChI=1S/C36H36FN5O3/c1-39-12-14-41(15-13-39)29-9-8-28(38-20-29)18-26-17-27(21-40(2)35(26)44)30-4-3-5-33(31(30)22-43)42-11-10-24-16-25(23-6-7-23)19-32(37)34(24)36(42)45/h3-5,8-11,16-17,19-21,23,43H,6-7,12-15,18,22H2,1-2H3. The molecule has 2 aromatic carbocycles. The van der Waals surface area contributed by atoms with E-state index in [4.69, 9.17) is 0 Å². The molecular formula is C36H36FN5O3. The fourth-order valence-electron chi connectivity index (χ4n) is 6.45. The summed E-state index contributed by atoms with van der Waals surface area (Å²) in [6.07, 6.45) is 7.68. The van der Waals surface area contributed by atoms with E-state index in [-0.39, 0.29) is 17.6 Å². The van der Waals surface area contributed by atoms with Crippen LogP contribution in [-0.2, 0) is 20.1 Å². The van der Waals surface area contributed by atoms with E-state index in [9.17, 15) is 14.7 Å². The molecule has 0 radical (unpaired) electrons. The van der Waals surface area contributed by atoms with Crippen molar-refractivity contribution in [1.82, 2.24) is 19.0 Å². The molecule has 8 nitrogen and oxygen atoms in total. The van der Waals surface area contributed by atoms with Crippen LogP contribution in [0, 0.1) is 5.82 Å². The van der Waals surface area contributed by atoms with E-state index in [2.05, 4.69) is 27.9 Å². The fraction of sp³-hybridized carbons (Fsp3) is 0.306. The van der Waals surface area contributed by atoms with Crippen molar-refractivity contribution in [3.8, 4) is 16.8 Å². The molecule has 0 amide bonds. The number of fused-ring (bicyclic) bond motifs is 1. The number of anilines is 1. The number of pyridine rings is 3. The molecule has 0 atom stereocenters. The highest BCUT2D eigenvalue weighted by atomic mass is 19.1. The maximum absolute atomic E-state index is 15.3. The number of aliphatic hydroxyl groups is 1. The van der Waals surface area contributed by atoms with Crippen molar-refractivity contribution in [1.29, 1.82) is 0 Å². The summed E-state index contributed by atoms with van der Waals surface area (Å²) in [6, 6.07) is 16.4. The first-order valence-corrected chi connectivity index (χ1v) is 15.5. The molecule has 1 saturated heterocycles. The molecule has 1 N–H and O–H groups in total. The monoisotopic (exact) mass is 605 g/mol. The fourth-order valence-corrected chi connectivity index (χ4v) is 6.45. The Bertz CT molecular complexity index is 2020. The summed E-state index contributed by atoms with van der Waals surface area (Å²) in [5.74, 6) is -0.156. The van der Waals surface area contributed by atoms with Crippen molar-refractivity contribution in [2.45, 2.75) is 31.8 Å². The number of halogens is 1. The zero-order chi connectivity index (χ0) is 31.2. The Morgan fingerprint density at radius 2 is 1.76 bits per heavy atom. The Kier molecular flexibility index (Phi) is 7.59.